The number of hydrogen-bond donors (Lipinski definition) is 5. The highest BCUT2D eigenvalue weighted by atomic mass is 16.6. The quantitative estimate of drug-likeness (QED) is 0.202. The lowest BCUT2D eigenvalue weighted by Gasteiger charge is -2.18. The second-order valence-electron chi connectivity index (χ2n) is 7.45. The second-order valence-corrected chi connectivity index (χ2v) is 7.45. The summed E-state index contributed by atoms with van der Waals surface area (Å²) in [5.41, 5.74) is 6.21. The maximum Gasteiger partial charge on any atom is 0.405 e. The average Bonchev–Trinajstić information content (AvgIpc) is 2.80. The summed E-state index contributed by atoms with van der Waals surface area (Å²) in [4.78, 5) is 70.4. The normalized spacial score (nSPS) is 10.9. The van der Waals surface area contributed by atoms with Gasteiger partial charge in [0, 0.05) is 32.1 Å². The van der Waals surface area contributed by atoms with Gasteiger partial charge in [0.05, 0.1) is 19.6 Å². The fourth-order valence-corrected chi connectivity index (χ4v) is 2.89. The lowest BCUT2D eigenvalue weighted by Crippen LogP contribution is -2.43. The molecular formula is C22H32N6O7. The van der Waals surface area contributed by atoms with Crippen LogP contribution in [0.2, 0.25) is 0 Å². The summed E-state index contributed by atoms with van der Waals surface area (Å²) < 4.78 is 5.05. The molecule has 0 aliphatic heterocycles. The van der Waals surface area contributed by atoms with Crippen LogP contribution in [0.1, 0.15) is 37.9 Å². The highest BCUT2D eigenvalue weighted by Crippen LogP contribution is 2.19. The smallest absolute Gasteiger partial charge is 0.405 e. The SMILES string of the molecule is CCNC(=O)CN(C)C(=O)CNC(=O)CCCC(=O)NCC(OC(N)=O)c1ccc(NC=O)cc1. The van der Waals surface area contributed by atoms with Crippen molar-refractivity contribution in [2.75, 3.05) is 38.5 Å². The number of nitrogens with two attached hydrogens (primary N) is 1. The van der Waals surface area contributed by atoms with Gasteiger partial charge < -0.3 is 36.6 Å². The third kappa shape index (κ3) is 12.0. The van der Waals surface area contributed by atoms with Crippen LogP contribution in [0, 0.1) is 0 Å². The van der Waals surface area contributed by atoms with Crippen LogP contribution < -0.4 is 27.0 Å². The molecule has 192 valence electrons. The van der Waals surface area contributed by atoms with Gasteiger partial charge in [-0.15, -0.1) is 0 Å². The van der Waals surface area contributed by atoms with Gasteiger partial charge in [-0.25, -0.2) is 4.79 Å². The van der Waals surface area contributed by atoms with E-state index in [-0.39, 0.29) is 50.7 Å². The van der Waals surface area contributed by atoms with Crippen LogP contribution in [0.15, 0.2) is 24.3 Å². The molecule has 35 heavy (non-hydrogen) atoms. The maximum atomic E-state index is 12.1. The highest BCUT2D eigenvalue weighted by molar-refractivity contribution is 5.88. The Bertz CT molecular complexity index is 891. The average molecular weight is 493 g/mol. The Hall–Kier alpha value is -4.16. The molecule has 1 aromatic rings. The van der Waals surface area contributed by atoms with E-state index in [0.717, 1.165) is 0 Å². The van der Waals surface area contributed by atoms with Crippen molar-refractivity contribution in [3.63, 3.8) is 0 Å². The topological polar surface area (TPSA) is 189 Å². The Morgan fingerprint density at radius 2 is 1.63 bits per heavy atom. The predicted octanol–water partition coefficient (Wildman–Crippen LogP) is -0.611. The summed E-state index contributed by atoms with van der Waals surface area (Å²) in [6, 6.07) is 6.43. The molecule has 1 rings (SSSR count). The van der Waals surface area contributed by atoms with E-state index in [2.05, 4.69) is 21.3 Å². The molecule has 0 saturated carbocycles. The van der Waals surface area contributed by atoms with Crippen molar-refractivity contribution in [2.45, 2.75) is 32.3 Å². The summed E-state index contributed by atoms with van der Waals surface area (Å²) in [5.74, 6) is -1.49. The zero-order valence-electron chi connectivity index (χ0n) is 19.8. The van der Waals surface area contributed by atoms with E-state index in [1.807, 2.05) is 0 Å². The zero-order valence-corrected chi connectivity index (χ0v) is 19.8. The van der Waals surface area contributed by atoms with Gasteiger partial charge in [-0.1, -0.05) is 12.1 Å². The molecule has 0 aliphatic rings. The number of primary amides is 1. The Labute approximate surface area is 203 Å². The van der Waals surface area contributed by atoms with Gasteiger partial charge in [0.2, 0.25) is 30.0 Å². The molecule has 0 spiro atoms. The van der Waals surface area contributed by atoms with Gasteiger partial charge >= 0.3 is 6.09 Å². The summed E-state index contributed by atoms with van der Waals surface area (Å²) in [6.45, 7) is 1.82. The minimum absolute atomic E-state index is 0.0210. The molecule has 0 aromatic heterocycles. The maximum absolute atomic E-state index is 12.1. The van der Waals surface area contributed by atoms with E-state index in [9.17, 15) is 28.8 Å². The lowest BCUT2D eigenvalue weighted by atomic mass is 10.1. The Morgan fingerprint density at radius 1 is 1.00 bits per heavy atom. The molecule has 1 unspecified atom stereocenters. The number of benzene rings is 1. The van der Waals surface area contributed by atoms with Crippen molar-refractivity contribution in [1.82, 2.24) is 20.9 Å². The Morgan fingerprint density at radius 3 is 2.20 bits per heavy atom. The van der Waals surface area contributed by atoms with E-state index in [1.54, 1.807) is 31.2 Å². The monoisotopic (exact) mass is 492 g/mol. The summed E-state index contributed by atoms with van der Waals surface area (Å²) >= 11 is 0. The first-order valence-corrected chi connectivity index (χ1v) is 11.0. The van der Waals surface area contributed by atoms with Crippen LogP contribution >= 0.6 is 0 Å². The molecule has 1 aromatic carbocycles. The van der Waals surface area contributed by atoms with E-state index in [4.69, 9.17) is 10.5 Å². The molecule has 13 nitrogen and oxygen atoms in total. The van der Waals surface area contributed by atoms with Crippen molar-refractivity contribution >= 4 is 41.8 Å². The highest BCUT2D eigenvalue weighted by Gasteiger charge is 2.17. The molecule has 0 aliphatic carbocycles. The fraction of sp³-hybridized carbons (Fsp3) is 0.455. The molecule has 13 heteroatoms. The number of likely N-dealkylation sites (N-methyl/N-ethyl adjacent to an activating group) is 2. The molecule has 0 saturated heterocycles. The number of carbonyl (C=O) groups excluding carboxylic acids is 6. The number of carbonyl (C=O) groups is 6. The zero-order chi connectivity index (χ0) is 26.2. The van der Waals surface area contributed by atoms with E-state index in [1.165, 1.54) is 11.9 Å². The van der Waals surface area contributed by atoms with Crippen LogP contribution in [-0.4, -0.2) is 74.3 Å². The molecule has 0 heterocycles. The number of nitrogens with zero attached hydrogens (tertiary/aromatic N) is 1. The molecule has 6 N–H and O–H groups in total. The molecular weight excluding hydrogens is 460 g/mol. The fourth-order valence-electron chi connectivity index (χ4n) is 2.89. The van der Waals surface area contributed by atoms with Crippen LogP contribution in [0.3, 0.4) is 0 Å². The van der Waals surface area contributed by atoms with E-state index < -0.39 is 24.0 Å². The second kappa shape index (κ2) is 15.6. The van der Waals surface area contributed by atoms with Crippen molar-refractivity contribution in [1.29, 1.82) is 0 Å². The summed E-state index contributed by atoms with van der Waals surface area (Å²) in [5, 5.41) is 10.1. The van der Waals surface area contributed by atoms with Gasteiger partial charge in [-0.2, -0.15) is 0 Å². The van der Waals surface area contributed by atoms with Gasteiger partial charge in [-0.3, -0.25) is 24.0 Å². The molecule has 0 bridgehead atoms. The molecule has 1 atom stereocenters. The molecule has 6 amide bonds. The van der Waals surface area contributed by atoms with Gasteiger partial charge in [0.15, 0.2) is 0 Å². The third-order valence-corrected chi connectivity index (χ3v) is 4.68. The van der Waals surface area contributed by atoms with Crippen molar-refractivity contribution < 1.29 is 33.5 Å². The van der Waals surface area contributed by atoms with Crippen molar-refractivity contribution in [2.24, 2.45) is 5.73 Å². The number of nitrogens with one attached hydrogen (secondary N) is 4. The number of hydrogen-bond acceptors (Lipinski definition) is 7. The van der Waals surface area contributed by atoms with Crippen molar-refractivity contribution in [3.05, 3.63) is 29.8 Å². The predicted molar refractivity (Wildman–Crippen MR) is 126 cm³/mol. The van der Waals surface area contributed by atoms with E-state index in [0.29, 0.717) is 24.2 Å². The lowest BCUT2D eigenvalue weighted by molar-refractivity contribution is -0.135. The van der Waals surface area contributed by atoms with E-state index >= 15 is 0 Å². The minimum Gasteiger partial charge on any atom is -0.440 e. The Balaban J connectivity index is 2.39. The van der Waals surface area contributed by atoms with Crippen LogP contribution in [0.25, 0.3) is 0 Å². The number of rotatable bonds is 15. The van der Waals surface area contributed by atoms with Gasteiger partial charge in [-0.05, 0) is 31.0 Å². The first kappa shape index (κ1) is 28.9. The Kier molecular flexibility index (Phi) is 12.9. The summed E-state index contributed by atoms with van der Waals surface area (Å²) in [6.07, 6.45) is -1.04. The van der Waals surface area contributed by atoms with Crippen LogP contribution in [0.5, 0.6) is 0 Å². The largest absolute Gasteiger partial charge is 0.440 e. The standard InChI is InChI=1S/C22H32N6O7/c1-3-24-20(32)13-28(2)21(33)12-26-19(31)6-4-5-18(30)25-11-17(35-22(23)34)15-7-9-16(10-8-15)27-14-29/h7-10,14,17H,3-6,11-13H2,1-2H3,(H2,23,34)(H,24,32)(H,25,30)(H,26,31)(H,27,29). The van der Waals surface area contributed by atoms with Gasteiger partial charge in [0.25, 0.3) is 0 Å². The van der Waals surface area contributed by atoms with Gasteiger partial charge in [0.1, 0.15) is 6.10 Å². The number of ether oxygens (including phenoxy) is 1. The van der Waals surface area contributed by atoms with Crippen molar-refractivity contribution in [3.8, 4) is 0 Å². The number of amides is 6. The minimum atomic E-state index is -1.01. The molecule has 0 radical (unpaired) electrons. The first-order chi connectivity index (χ1) is 16.7. The summed E-state index contributed by atoms with van der Waals surface area (Å²) in [7, 11) is 1.46. The van der Waals surface area contributed by atoms with Crippen LogP contribution in [-0.2, 0) is 28.7 Å². The first-order valence-electron chi connectivity index (χ1n) is 11.0. The number of anilines is 1. The van der Waals surface area contributed by atoms with Crippen LogP contribution in [0.4, 0.5) is 10.5 Å². The third-order valence-electron chi connectivity index (χ3n) is 4.68. The molecule has 0 fully saturated rings.